The Morgan fingerprint density at radius 3 is 2.56 bits per heavy atom. The van der Waals surface area contributed by atoms with Gasteiger partial charge in [0.15, 0.2) is 5.69 Å². The first kappa shape index (κ1) is 24.9. The molecule has 0 amide bonds. The molecule has 32 heavy (non-hydrogen) atoms. The van der Waals surface area contributed by atoms with Gasteiger partial charge in [-0.1, -0.05) is 13.0 Å². The van der Waals surface area contributed by atoms with E-state index in [1.54, 1.807) is 13.0 Å². The van der Waals surface area contributed by atoms with Crippen LogP contribution in [0.5, 0.6) is 0 Å². The molecule has 178 valence electrons. The largest absolute Gasteiger partial charge is 0.435 e. The Morgan fingerprint density at radius 1 is 1.22 bits per heavy atom. The summed E-state index contributed by atoms with van der Waals surface area (Å²) in [6, 6.07) is 5.96. The summed E-state index contributed by atoms with van der Waals surface area (Å²) < 4.78 is 85.4. The van der Waals surface area contributed by atoms with Gasteiger partial charge in [0.05, 0.1) is 11.3 Å². The van der Waals surface area contributed by atoms with Gasteiger partial charge in [-0.15, -0.1) is 11.8 Å². The number of thioether (sulfide) groups is 1. The average Bonchev–Trinajstić information content (AvgIpc) is 3.11. The average molecular weight is 482 g/mol. The Bertz CT molecular complexity index is 930. The van der Waals surface area contributed by atoms with E-state index in [4.69, 9.17) is 4.74 Å². The van der Waals surface area contributed by atoms with Crippen molar-refractivity contribution in [2.75, 3.05) is 13.2 Å². The molecule has 1 saturated heterocycles. The van der Waals surface area contributed by atoms with Crippen LogP contribution in [0.4, 0.5) is 26.3 Å². The van der Waals surface area contributed by atoms with Gasteiger partial charge < -0.3 is 9.84 Å². The maximum atomic E-state index is 13.3. The predicted molar refractivity (Wildman–Crippen MR) is 107 cm³/mol. The fourth-order valence-electron chi connectivity index (χ4n) is 3.60. The number of rotatable bonds is 6. The van der Waals surface area contributed by atoms with E-state index in [9.17, 15) is 31.4 Å². The van der Waals surface area contributed by atoms with Gasteiger partial charge in [0, 0.05) is 29.4 Å². The molecule has 2 heterocycles. The van der Waals surface area contributed by atoms with Crippen molar-refractivity contribution in [2.24, 2.45) is 5.92 Å². The molecule has 1 aliphatic rings. The molecule has 3 rings (SSSR count). The molecule has 1 aromatic carbocycles. The highest BCUT2D eigenvalue weighted by atomic mass is 32.2. The van der Waals surface area contributed by atoms with Gasteiger partial charge in [0.1, 0.15) is 6.10 Å². The number of nitrogens with zero attached hydrogens (tertiary/aromatic N) is 2. The zero-order valence-electron chi connectivity index (χ0n) is 17.5. The van der Waals surface area contributed by atoms with E-state index in [1.165, 1.54) is 22.5 Å². The Labute approximate surface area is 185 Å². The summed E-state index contributed by atoms with van der Waals surface area (Å²) in [5.74, 6) is -0.316. The summed E-state index contributed by atoms with van der Waals surface area (Å²) in [4.78, 5) is 0.432. The third-order valence-corrected chi connectivity index (χ3v) is 6.67. The highest BCUT2D eigenvalue weighted by molar-refractivity contribution is 8.00. The van der Waals surface area contributed by atoms with Crippen molar-refractivity contribution in [3.63, 3.8) is 0 Å². The van der Waals surface area contributed by atoms with Crippen molar-refractivity contribution in [3.8, 4) is 0 Å². The molecule has 0 bridgehead atoms. The first-order chi connectivity index (χ1) is 14.8. The Hall–Kier alpha value is -1.72. The zero-order chi connectivity index (χ0) is 23.7. The van der Waals surface area contributed by atoms with E-state index >= 15 is 0 Å². The monoisotopic (exact) mass is 482 g/mol. The summed E-state index contributed by atoms with van der Waals surface area (Å²) in [6.45, 7) is 3.67. The van der Waals surface area contributed by atoms with Crippen molar-refractivity contribution in [2.45, 2.75) is 61.3 Å². The number of alkyl halides is 6. The van der Waals surface area contributed by atoms with Crippen LogP contribution in [-0.4, -0.2) is 32.8 Å². The Morgan fingerprint density at radius 2 is 1.94 bits per heavy atom. The molecule has 1 fully saturated rings. The highest BCUT2D eigenvalue weighted by Crippen LogP contribution is 2.47. The third kappa shape index (κ3) is 5.99. The highest BCUT2D eigenvalue weighted by Gasteiger charge is 2.40. The van der Waals surface area contributed by atoms with Gasteiger partial charge in [-0.3, -0.25) is 4.68 Å². The van der Waals surface area contributed by atoms with Crippen LogP contribution in [0, 0.1) is 5.92 Å². The van der Waals surface area contributed by atoms with Gasteiger partial charge in [-0.25, -0.2) is 0 Å². The number of aliphatic hydroxyl groups is 1. The molecule has 0 radical (unpaired) electrons. The lowest BCUT2D eigenvalue weighted by Gasteiger charge is -2.38. The number of hydrogen-bond acceptors (Lipinski definition) is 4. The van der Waals surface area contributed by atoms with Crippen LogP contribution >= 0.6 is 11.8 Å². The van der Waals surface area contributed by atoms with Crippen LogP contribution in [0.3, 0.4) is 0 Å². The van der Waals surface area contributed by atoms with E-state index in [2.05, 4.69) is 5.10 Å². The SMILES string of the molecule is CC(CO)Cn1nc(C(F)(F)F)cc1C1CC(C)(Sc2cccc(C(F)(F)F)c2)CCO1. The number of ether oxygens (including phenoxy) is 1. The molecule has 11 heteroatoms. The summed E-state index contributed by atoms with van der Waals surface area (Å²) in [5, 5.41) is 13.0. The molecule has 1 N–H and O–H groups in total. The van der Waals surface area contributed by atoms with Crippen LogP contribution < -0.4 is 0 Å². The third-order valence-electron chi connectivity index (χ3n) is 5.32. The lowest BCUT2D eigenvalue weighted by molar-refractivity contribution is -0.141. The maximum Gasteiger partial charge on any atom is 0.435 e. The van der Waals surface area contributed by atoms with Gasteiger partial charge in [0.25, 0.3) is 0 Å². The second-order valence-electron chi connectivity index (χ2n) is 8.31. The van der Waals surface area contributed by atoms with Crippen molar-refractivity contribution in [3.05, 3.63) is 47.3 Å². The van der Waals surface area contributed by atoms with Crippen LogP contribution in [-0.2, 0) is 23.6 Å². The molecule has 4 nitrogen and oxygen atoms in total. The predicted octanol–water partition coefficient (Wildman–Crippen LogP) is 5.95. The molecule has 0 spiro atoms. The van der Waals surface area contributed by atoms with Crippen molar-refractivity contribution >= 4 is 11.8 Å². The molecule has 2 aromatic rings. The minimum Gasteiger partial charge on any atom is -0.396 e. The fourth-order valence-corrected chi connectivity index (χ4v) is 4.92. The summed E-state index contributed by atoms with van der Waals surface area (Å²) in [5.41, 5.74) is -1.55. The summed E-state index contributed by atoms with van der Waals surface area (Å²) >= 11 is 1.26. The molecule has 0 saturated carbocycles. The maximum absolute atomic E-state index is 13.3. The second-order valence-corrected chi connectivity index (χ2v) is 9.97. The first-order valence-electron chi connectivity index (χ1n) is 10.0. The lowest BCUT2D eigenvalue weighted by Crippen LogP contribution is -2.33. The van der Waals surface area contributed by atoms with Gasteiger partial charge in [0.2, 0.25) is 0 Å². The van der Waals surface area contributed by atoms with E-state index in [-0.39, 0.29) is 31.4 Å². The van der Waals surface area contributed by atoms with Crippen molar-refractivity contribution in [1.29, 1.82) is 0 Å². The standard InChI is InChI=1S/C21H24F6N2O2S/c1-13(12-30)11-29-16(9-18(28-29)21(25,26)27)17-10-19(2,6-7-31-17)32-15-5-3-4-14(8-15)20(22,23)24/h3-5,8-9,13,17,30H,6-7,10-12H2,1-2H3. The smallest absolute Gasteiger partial charge is 0.396 e. The Balaban J connectivity index is 1.86. The number of hydrogen-bond donors (Lipinski definition) is 1. The summed E-state index contributed by atoms with van der Waals surface area (Å²) in [7, 11) is 0. The number of halogens is 6. The van der Waals surface area contributed by atoms with Crippen LogP contribution in [0.2, 0.25) is 0 Å². The molecule has 0 aliphatic carbocycles. The van der Waals surface area contributed by atoms with Crippen LogP contribution in [0.25, 0.3) is 0 Å². The first-order valence-corrected chi connectivity index (χ1v) is 10.9. The lowest BCUT2D eigenvalue weighted by atomic mass is 9.94. The van der Waals surface area contributed by atoms with Gasteiger partial charge in [-0.05, 0) is 49.9 Å². The number of benzene rings is 1. The minimum atomic E-state index is -4.63. The molecule has 1 aliphatic heterocycles. The summed E-state index contributed by atoms with van der Waals surface area (Å²) in [6.07, 6.45) is -8.98. The molecule has 1 aromatic heterocycles. The minimum absolute atomic E-state index is 0.0826. The number of aliphatic hydroxyl groups excluding tert-OH is 1. The van der Waals surface area contributed by atoms with E-state index in [0.717, 1.165) is 18.2 Å². The van der Waals surface area contributed by atoms with Crippen molar-refractivity contribution < 1.29 is 36.2 Å². The molecular formula is C21H24F6N2O2S. The number of aromatic nitrogens is 2. The normalized spacial score (nSPS) is 23.3. The van der Waals surface area contributed by atoms with Gasteiger partial charge >= 0.3 is 12.4 Å². The zero-order valence-corrected chi connectivity index (χ0v) is 18.3. The van der Waals surface area contributed by atoms with E-state index in [0.29, 0.717) is 17.7 Å². The molecule has 3 unspecified atom stereocenters. The van der Waals surface area contributed by atoms with Gasteiger partial charge in [-0.2, -0.15) is 31.4 Å². The van der Waals surface area contributed by atoms with E-state index < -0.39 is 34.5 Å². The second kappa shape index (κ2) is 9.26. The van der Waals surface area contributed by atoms with Crippen molar-refractivity contribution in [1.82, 2.24) is 9.78 Å². The Kier molecular flexibility index (Phi) is 7.21. The van der Waals surface area contributed by atoms with E-state index in [1.807, 2.05) is 6.92 Å². The van der Waals surface area contributed by atoms with Crippen LogP contribution in [0.15, 0.2) is 35.2 Å². The topological polar surface area (TPSA) is 47.3 Å². The quantitative estimate of drug-likeness (QED) is 0.517. The molecule has 3 atom stereocenters. The van der Waals surface area contributed by atoms with Crippen LogP contribution in [0.1, 0.15) is 49.7 Å². The fraction of sp³-hybridized carbons (Fsp3) is 0.571. The molecular weight excluding hydrogens is 458 g/mol.